The Morgan fingerprint density at radius 2 is 1.97 bits per heavy atom. The van der Waals surface area contributed by atoms with Gasteiger partial charge in [0.25, 0.3) is 0 Å². The predicted octanol–water partition coefficient (Wildman–Crippen LogP) is 3.46. The molecule has 0 unspecified atom stereocenters. The number of nitriles is 1. The number of halogens is 3. The van der Waals surface area contributed by atoms with Crippen LogP contribution in [-0.4, -0.2) is 53.2 Å². The van der Waals surface area contributed by atoms with E-state index in [0.29, 0.717) is 17.6 Å². The van der Waals surface area contributed by atoms with Crippen LogP contribution in [0.4, 0.5) is 18.0 Å². The minimum Gasteiger partial charge on any atom is -0.444 e. The summed E-state index contributed by atoms with van der Waals surface area (Å²) < 4.78 is 72.5. The SMILES string of the molecule is CC(C)(C)OC(=O)N1CC=C(c2cc(OS(=O)(=O)C(F)(F)F)c3c(C#N)cnn3c2)CC1. The molecular formula is C19H19F3N4O5S. The molecular weight excluding hydrogens is 453 g/mol. The molecule has 0 spiro atoms. The lowest BCUT2D eigenvalue weighted by molar-refractivity contribution is -0.0499. The van der Waals surface area contributed by atoms with Crippen molar-refractivity contribution in [3.63, 3.8) is 0 Å². The first-order chi connectivity index (χ1) is 14.7. The molecule has 0 aromatic carbocycles. The van der Waals surface area contributed by atoms with Crippen LogP contribution in [0.1, 0.15) is 38.3 Å². The van der Waals surface area contributed by atoms with Crippen LogP contribution in [0.25, 0.3) is 11.1 Å². The quantitative estimate of drug-likeness (QED) is 0.496. The summed E-state index contributed by atoms with van der Waals surface area (Å²) in [6.45, 7) is 5.67. The topological polar surface area (TPSA) is 114 Å². The minimum absolute atomic E-state index is 0.155. The Kier molecular flexibility index (Phi) is 5.86. The van der Waals surface area contributed by atoms with Crippen LogP contribution < -0.4 is 4.18 Å². The van der Waals surface area contributed by atoms with Crippen molar-refractivity contribution in [3.8, 4) is 11.8 Å². The van der Waals surface area contributed by atoms with E-state index in [9.17, 15) is 31.6 Å². The second-order valence-corrected chi connectivity index (χ2v) is 9.48. The van der Waals surface area contributed by atoms with Crippen molar-refractivity contribution >= 4 is 27.3 Å². The molecule has 0 fully saturated rings. The van der Waals surface area contributed by atoms with Gasteiger partial charge in [-0.15, -0.1) is 0 Å². The fourth-order valence-electron chi connectivity index (χ4n) is 2.99. The Balaban J connectivity index is 1.97. The van der Waals surface area contributed by atoms with E-state index in [-0.39, 0.29) is 24.2 Å². The Morgan fingerprint density at radius 3 is 2.50 bits per heavy atom. The molecule has 1 aliphatic rings. The van der Waals surface area contributed by atoms with Gasteiger partial charge in [0.05, 0.1) is 6.20 Å². The predicted molar refractivity (Wildman–Crippen MR) is 106 cm³/mol. The molecule has 3 heterocycles. The largest absolute Gasteiger partial charge is 0.534 e. The van der Waals surface area contributed by atoms with Crippen LogP contribution in [0.15, 0.2) is 24.5 Å². The zero-order valence-electron chi connectivity index (χ0n) is 17.3. The van der Waals surface area contributed by atoms with Crippen molar-refractivity contribution in [1.29, 1.82) is 5.26 Å². The number of amides is 1. The molecule has 2 aromatic rings. The summed E-state index contributed by atoms with van der Waals surface area (Å²) in [6, 6.07) is 2.85. The van der Waals surface area contributed by atoms with E-state index in [2.05, 4.69) is 9.28 Å². The first kappa shape index (κ1) is 23.4. The van der Waals surface area contributed by atoms with Crippen LogP contribution in [0.5, 0.6) is 5.75 Å². The Hall–Kier alpha value is -3.27. The highest BCUT2D eigenvalue weighted by Gasteiger charge is 2.49. The molecule has 1 aliphatic heterocycles. The van der Waals surface area contributed by atoms with E-state index in [1.165, 1.54) is 11.1 Å². The summed E-state index contributed by atoms with van der Waals surface area (Å²) >= 11 is 0. The molecule has 0 radical (unpaired) electrons. The van der Waals surface area contributed by atoms with Crippen molar-refractivity contribution in [2.75, 3.05) is 13.1 Å². The van der Waals surface area contributed by atoms with Crippen LogP contribution in [0, 0.1) is 11.3 Å². The monoisotopic (exact) mass is 472 g/mol. The van der Waals surface area contributed by atoms with Gasteiger partial charge in [-0.05, 0) is 44.4 Å². The minimum atomic E-state index is -5.97. The number of hydrogen-bond acceptors (Lipinski definition) is 7. The molecule has 0 N–H and O–H groups in total. The van der Waals surface area contributed by atoms with Crippen molar-refractivity contribution in [1.82, 2.24) is 14.5 Å². The van der Waals surface area contributed by atoms with Crippen molar-refractivity contribution < 1.29 is 35.3 Å². The highest BCUT2D eigenvalue weighted by atomic mass is 32.2. The number of alkyl halides is 3. The number of pyridine rings is 1. The number of fused-ring (bicyclic) bond motifs is 1. The maximum absolute atomic E-state index is 12.9. The first-order valence-electron chi connectivity index (χ1n) is 9.31. The van der Waals surface area contributed by atoms with E-state index >= 15 is 0 Å². The van der Waals surface area contributed by atoms with Crippen LogP contribution >= 0.6 is 0 Å². The summed E-state index contributed by atoms with van der Waals surface area (Å²) in [5.74, 6) is -0.677. The molecule has 0 saturated heterocycles. The fraction of sp³-hybridized carbons (Fsp3) is 0.421. The summed E-state index contributed by atoms with van der Waals surface area (Å²) in [5.41, 5.74) is -5.71. The third kappa shape index (κ3) is 4.80. The number of nitrogens with zero attached hydrogens (tertiary/aromatic N) is 4. The van der Waals surface area contributed by atoms with E-state index in [1.807, 2.05) is 0 Å². The van der Waals surface area contributed by atoms with Gasteiger partial charge in [-0.1, -0.05) is 6.08 Å². The highest BCUT2D eigenvalue weighted by molar-refractivity contribution is 7.88. The second-order valence-electron chi connectivity index (χ2n) is 7.95. The molecule has 0 atom stereocenters. The van der Waals surface area contributed by atoms with Crippen molar-refractivity contribution in [2.45, 2.75) is 38.3 Å². The van der Waals surface area contributed by atoms with Gasteiger partial charge in [0, 0.05) is 19.3 Å². The van der Waals surface area contributed by atoms with Crippen LogP contribution in [0.2, 0.25) is 0 Å². The fourth-order valence-corrected chi connectivity index (χ4v) is 3.45. The molecule has 0 aliphatic carbocycles. The van der Waals surface area contributed by atoms with E-state index in [4.69, 9.17) is 4.74 Å². The molecule has 172 valence electrons. The number of ether oxygens (including phenoxy) is 1. The van der Waals surface area contributed by atoms with E-state index in [0.717, 1.165) is 16.8 Å². The summed E-state index contributed by atoms with van der Waals surface area (Å²) in [6.07, 6.45) is 4.02. The summed E-state index contributed by atoms with van der Waals surface area (Å²) in [7, 11) is -5.97. The Bertz CT molecular complexity index is 1240. The van der Waals surface area contributed by atoms with Crippen LogP contribution in [0.3, 0.4) is 0 Å². The van der Waals surface area contributed by atoms with Gasteiger partial charge in [0.1, 0.15) is 22.8 Å². The summed E-state index contributed by atoms with van der Waals surface area (Å²) in [4.78, 5) is 13.7. The highest BCUT2D eigenvalue weighted by Crippen LogP contribution is 2.34. The average molecular weight is 472 g/mol. The molecule has 2 aromatic heterocycles. The molecule has 9 nitrogen and oxygen atoms in total. The van der Waals surface area contributed by atoms with Gasteiger partial charge in [-0.2, -0.15) is 31.9 Å². The third-order valence-corrected chi connectivity index (χ3v) is 5.38. The summed E-state index contributed by atoms with van der Waals surface area (Å²) in [5, 5.41) is 13.1. The third-order valence-electron chi connectivity index (χ3n) is 4.41. The van der Waals surface area contributed by atoms with E-state index < -0.39 is 33.1 Å². The van der Waals surface area contributed by atoms with Crippen molar-refractivity contribution in [3.05, 3.63) is 35.7 Å². The van der Waals surface area contributed by atoms with Gasteiger partial charge in [-0.3, -0.25) is 0 Å². The second kappa shape index (κ2) is 8.01. The zero-order chi connectivity index (χ0) is 23.9. The lowest BCUT2D eigenvalue weighted by Gasteiger charge is -2.29. The molecule has 0 bridgehead atoms. The average Bonchev–Trinajstić information content (AvgIpc) is 3.09. The first-order valence-corrected chi connectivity index (χ1v) is 10.7. The van der Waals surface area contributed by atoms with Gasteiger partial charge in [0.15, 0.2) is 5.75 Å². The van der Waals surface area contributed by atoms with Gasteiger partial charge in [0.2, 0.25) is 0 Å². The Labute approximate surface area is 181 Å². The maximum atomic E-state index is 12.9. The Morgan fingerprint density at radius 1 is 1.28 bits per heavy atom. The normalized spacial score (nSPS) is 15.3. The molecule has 0 saturated carbocycles. The number of carbonyl (C=O) groups is 1. The number of aromatic nitrogens is 2. The molecule has 3 rings (SSSR count). The van der Waals surface area contributed by atoms with E-state index in [1.54, 1.807) is 32.9 Å². The van der Waals surface area contributed by atoms with Crippen molar-refractivity contribution in [2.24, 2.45) is 0 Å². The van der Waals surface area contributed by atoms with Gasteiger partial charge >= 0.3 is 21.7 Å². The molecule has 32 heavy (non-hydrogen) atoms. The van der Waals surface area contributed by atoms with Crippen LogP contribution in [-0.2, 0) is 14.9 Å². The van der Waals surface area contributed by atoms with Gasteiger partial charge in [-0.25, -0.2) is 9.31 Å². The van der Waals surface area contributed by atoms with Gasteiger partial charge < -0.3 is 13.8 Å². The number of carbonyl (C=O) groups excluding carboxylic acids is 1. The lowest BCUT2D eigenvalue weighted by atomic mass is 10.0. The number of rotatable bonds is 3. The molecule has 1 amide bonds. The standard InChI is InChI=1S/C19H19F3N4O5S/c1-18(2,3)30-17(27)25-6-4-12(5-7-25)13-8-15(31-32(28,29)19(20,21)22)16-14(9-23)10-24-26(16)11-13/h4,8,10-11H,5-7H2,1-3H3. The maximum Gasteiger partial charge on any atom is 0.534 e. The molecule has 13 heteroatoms. The number of hydrogen-bond donors (Lipinski definition) is 0. The smallest absolute Gasteiger partial charge is 0.444 e. The zero-order valence-corrected chi connectivity index (χ0v) is 18.1. The lowest BCUT2D eigenvalue weighted by Crippen LogP contribution is -2.39.